The molecule has 1 atom stereocenters. The first-order valence-corrected chi connectivity index (χ1v) is 8.97. The molecule has 8 heteroatoms. The van der Waals surface area contributed by atoms with Gasteiger partial charge >= 0.3 is 11.7 Å². The Morgan fingerprint density at radius 1 is 1.14 bits per heavy atom. The van der Waals surface area contributed by atoms with Crippen LogP contribution in [0.2, 0.25) is 0 Å². The molecule has 0 amide bonds. The number of rotatable bonds is 3. The van der Waals surface area contributed by atoms with Gasteiger partial charge in [-0.15, -0.1) is 0 Å². The van der Waals surface area contributed by atoms with E-state index in [0.717, 1.165) is 16.3 Å². The number of nitrogens with two attached hydrogens (primary N) is 1. The van der Waals surface area contributed by atoms with Crippen LogP contribution in [0.3, 0.4) is 0 Å². The Balaban J connectivity index is 2.15. The maximum Gasteiger partial charge on any atom is 0.348 e. The molecular formula is C21H20N4O4. The molecule has 3 aromatic rings. The van der Waals surface area contributed by atoms with E-state index in [1.54, 1.807) is 14.0 Å². The number of nitrogens with one attached hydrogen (secondary N) is 2. The maximum atomic E-state index is 12.8. The number of H-pyrrole nitrogens is 1. The summed E-state index contributed by atoms with van der Waals surface area (Å²) < 4.78 is 10.7. The lowest BCUT2D eigenvalue weighted by Crippen LogP contribution is -2.29. The largest absolute Gasteiger partial charge is 0.496 e. The van der Waals surface area contributed by atoms with Gasteiger partial charge in [0.15, 0.2) is 0 Å². The van der Waals surface area contributed by atoms with Gasteiger partial charge in [-0.25, -0.2) is 9.59 Å². The van der Waals surface area contributed by atoms with Crippen molar-refractivity contribution in [2.24, 2.45) is 0 Å². The van der Waals surface area contributed by atoms with Crippen molar-refractivity contribution in [1.82, 2.24) is 9.97 Å². The van der Waals surface area contributed by atoms with Crippen molar-refractivity contribution in [3.05, 3.63) is 69.3 Å². The highest BCUT2D eigenvalue weighted by molar-refractivity contribution is 5.98. The third-order valence-electron chi connectivity index (χ3n) is 5.13. The van der Waals surface area contributed by atoms with Crippen LogP contribution in [0.5, 0.6) is 5.75 Å². The van der Waals surface area contributed by atoms with Crippen molar-refractivity contribution in [2.45, 2.75) is 12.8 Å². The van der Waals surface area contributed by atoms with Crippen molar-refractivity contribution >= 4 is 28.4 Å². The molecule has 0 fully saturated rings. The second-order valence-electron chi connectivity index (χ2n) is 6.71. The summed E-state index contributed by atoms with van der Waals surface area (Å²) in [5.74, 6) is -0.144. The number of hydrogen-bond donors (Lipinski definition) is 3. The highest BCUT2D eigenvalue weighted by atomic mass is 16.5. The first-order chi connectivity index (χ1) is 14.0. The minimum Gasteiger partial charge on any atom is -0.496 e. The molecule has 0 saturated heterocycles. The van der Waals surface area contributed by atoms with E-state index in [2.05, 4.69) is 15.3 Å². The Hall–Kier alpha value is -3.81. The van der Waals surface area contributed by atoms with E-state index in [4.69, 9.17) is 15.2 Å². The second-order valence-corrected chi connectivity index (χ2v) is 6.71. The molecule has 1 unspecified atom stereocenters. The van der Waals surface area contributed by atoms with E-state index >= 15 is 0 Å². The quantitative estimate of drug-likeness (QED) is 0.586. The van der Waals surface area contributed by atoms with Crippen LogP contribution in [0.1, 0.15) is 24.0 Å². The predicted molar refractivity (Wildman–Crippen MR) is 110 cm³/mol. The van der Waals surface area contributed by atoms with Crippen LogP contribution in [0, 0.1) is 0 Å². The Labute approximate surface area is 166 Å². The number of methoxy groups -OCH3 is 2. The zero-order valence-corrected chi connectivity index (χ0v) is 16.2. The fourth-order valence-corrected chi connectivity index (χ4v) is 3.91. The number of hydrogen-bond acceptors (Lipinski definition) is 7. The molecule has 8 nitrogen and oxygen atoms in total. The molecule has 4 rings (SSSR count). The number of nitrogens with zero attached hydrogens (tertiary/aromatic N) is 1. The van der Waals surface area contributed by atoms with E-state index in [-0.39, 0.29) is 5.82 Å². The predicted octanol–water partition coefficient (Wildman–Crippen LogP) is 2.52. The summed E-state index contributed by atoms with van der Waals surface area (Å²) in [5.41, 5.74) is 7.76. The first-order valence-electron chi connectivity index (χ1n) is 8.97. The van der Waals surface area contributed by atoms with Gasteiger partial charge in [-0.3, -0.25) is 4.98 Å². The maximum absolute atomic E-state index is 12.8. The molecule has 0 spiro atoms. The number of esters is 1. The summed E-state index contributed by atoms with van der Waals surface area (Å²) in [5, 5.41) is 4.89. The van der Waals surface area contributed by atoms with E-state index in [1.807, 2.05) is 36.4 Å². The molecule has 1 aliphatic heterocycles. The summed E-state index contributed by atoms with van der Waals surface area (Å²) >= 11 is 0. The van der Waals surface area contributed by atoms with Crippen molar-refractivity contribution < 1.29 is 14.3 Å². The van der Waals surface area contributed by atoms with Crippen molar-refractivity contribution in [2.75, 3.05) is 25.3 Å². The number of nitrogen functional groups attached to an aromatic ring is 1. The molecule has 2 heterocycles. The Bertz CT molecular complexity index is 1230. The van der Waals surface area contributed by atoms with Gasteiger partial charge in [0, 0.05) is 16.8 Å². The third kappa shape index (κ3) is 2.89. The van der Waals surface area contributed by atoms with Gasteiger partial charge in [-0.1, -0.05) is 30.3 Å². The van der Waals surface area contributed by atoms with E-state index in [1.165, 1.54) is 7.11 Å². The standard InChI is InChI=1S/C21H20N4O4/c1-10-14(20(26)29-3)16(17-18(22)24-21(27)25-19(17)23-10)15-12-7-5-4-6-11(12)8-9-13(15)28-2/h4-9,16H,1-3H3,(H4,22,23,24,25,27). The summed E-state index contributed by atoms with van der Waals surface area (Å²) in [6.45, 7) is 1.73. The Morgan fingerprint density at radius 2 is 1.90 bits per heavy atom. The summed E-state index contributed by atoms with van der Waals surface area (Å²) in [6.07, 6.45) is 0. The number of allylic oxidation sites excluding steroid dienone is 1. The van der Waals surface area contributed by atoms with E-state index in [9.17, 15) is 9.59 Å². The van der Waals surface area contributed by atoms with Crippen LogP contribution < -0.4 is 21.5 Å². The SMILES string of the molecule is COC(=O)C1=C(C)Nc2nc(=O)[nH]c(N)c2C1c1c(OC)ccc2ccccc12. The molecule has 2 aromatic carbocycles. The normalized spacial score (nSPS) is 15.6. The van der Waals surface area contributed by atoms with E-state index in [0.29, 0.717) is 28.4 Å². The van der Waals surface area contributed by atoms with Crippen LogP contribution in [-0.4, -0.2) is 30.2 Å². The van der Waals surface area contributed by atoms with Gasteiger partial charge in [0.25, 0.3) is 0 Å². The fourth-order valence-electron chi connectivity index (χ4n) is 3.91. The monoisotopic (exact) mass is 392 g/mol. The second kappa shape index (κ2) is 6.97. The average molecular weight is 392 g/mol. The number of anilines is 2. The lowest BCUT2D eigenvalue weighted by molar-refractivity contribution is -0.136. The van der Waals surface area contributed by atoms with Crippen LogP contribution >= 0.6 is 0 Å². The van der Waals surface area contributed by atoms with Crippen LogP contribution in [-0.2, 0) is 9.53 Å². The number of ether oxygens (including phenoxy) is 2. The van der Waals surface area contributed by atoms with Crippen LogP contribution in [0.4, 0.5) is 11.6 Å². The van der Waals surface area contributed by atoms with Crippen LogP contribution in [0.25, 0.3) is 10.8 Å². The van der Waals surface area contributed by atoms with Crippen molar-refractivity contribution in [1.29, 1.82) is 0 Å². The lowest BCUT2D eigenvalue weighted by atomic mass is 9.79. The average Bonchev–Trinajstić information content (AvgIpc) is 2.71. The van der Waals surface area contributed by atoms with Crippen LogP contribution in [0.15, 0.2) is 52.5 Å². The Kier molecular flexibility index (Phi) is 4.46. The number of fused-ring (bicyclic) bond motifs is 2. The first kappa shape index (κ1) is 18.5. The molecule has 4 N–H and O–H groups in total. The summed E-state index contributed by atoms with van der Waals surface area (Å²) in [7, 11) is 2.89. The van der Waals surface area contributed by atoms with Gasteiger partial charge < -0.3 is 20.5 Å². The molecule has 0 saturated carbocycles. The summed E-state index contributed by atoms with van der Waals surface area (Å²) in [4.78, 5) is 31.2. The molecule has 29 heavy (non-hydrogen) atoms. The van der Waals surface area contributed by atoms with Crippen molar-refractivity contribution in [3.63, 3.8) is 0 Å². The van der Waals surface area contributed by atoms with Gasteiger partial charge in [0.2, 0.25) is 0 Å². The minimum absolute atomic E-state index is 0.126. The fraction of sp³-hybridized carbons (Fsp3) is 0.190. The van der Waals surface area contributed by atoms with Gasteiger partial charge in [0.05, 0.1) is 25.7 Å². The molecule has 1 aliphatic rings. The lowest BCUT2D eigenvalue weighted by Gasteiger charge is -2.31. The molecule has 1 aromatic heterocycles. The topological polar surface area (TPSA) is 119 Å². The number of carbonyl (C=O) groups excluding carboxylic acids is 1. The molecular weight excluding hydrogens is 372 g/mol. The minimum atomic E-state index is -0.649. The molecule has 148 valence electrons. The number of aromatic amines is 1. The molecule has 0 bridgehead atoms. The third-order valence-corrected chi connectivity index (χ3v) is 5.13. The van der Waals surface area contributed by atoms with Gasteiger partial charge in [-0.05, 0) is 23.8 Å². The molecule has 0 aliphatic carbocycles. The van der Waals surface area contributed by atoms with Gasteiger partial charge in [-0.2, -0.15) is 4.98 Å². The smallest absolute Gasteiger partial charge is 0.348 e. The Morgan fingerprint density at radius 3 is 2.62 bits per heavy atom. The number of benzene rings is 2. The number of carbonyl (C=O) groups is 1. The highest BCUT2D eigenvalue weighted by Gasteiger charge is 2.38. The zero-order valence-electron chi connectivity index (χ0n) is 16.2. The van der Waals surface area contributed by atoms with E-state index < -0.39 is 17.6 Å². The van der Waals surface area contributed by atoms with Gasteiger partial charge in [0.1, 0.15) is 17.4 Å². The number of aromatic nitrogens is 2. The summed E-state index contributed by atoms with van der Waals surface area (Å²) in [6, 6.07) is 11.6. The highest BCUT2D eigenvalue weighted by Crippen LogP contribution is 2.48. The molecule has 0 radical (unpaired) electrons. The zero-order chi connectivity index (χ0) is 20.7. The van der Waals surface area contributed by atoms with Crippen molar-refractivity contribution in [3.8, 4) is 5.75 Å².